The van der Waals surface area contributed by atoms with Gasteiger partial charge in [-0.15, -0.1) is 6.58 Å². The molecule has 1 atom stereocenters. The summed E-state index contributed by atoms with van der Waals surface area (Å²) in [4.78, 5) is 17.0. The van der Waals surface area contributed by atoms with Gasteiger partial charge in [0, 0.05) is 18.6 Å². The number of aliphatic hydroxyl groups is 1. The average Bonchev–Trinajstić information content (AvgIpc) is 2.53. The Hall–Kier alpha value is -2.16. The molecular weight excluding hydrogens is 274 g/mol. The van der Waals surface area contributed by atoms with Crippen molar-refractivity contribution in [1.82, 2.24) is 0 Å². The Morgan fingerprint density at radius 1 is 1.36 bits per heavy atom. The normalized spacial score (nSPS) is 22.7. The van der Waals surface area contributed by atoms with Crippen LogP contribution in [-0.4, -0.2) is 23.1 Å². The van der Waals surface area contributed by atoms with Gasteiger partial charge in [0.25, 0.3) is 0 Å². The lowest BCUT2D eigenvalue weighted by Crippen LogP contribution is -2.27. The Morgan fingerprint density at radius 2 is 2.09 bits per heavy atom. The molecule has 1 aliphatic rings. The number of benzene rings is 1. The molecule has 0 amide bonds. The van der Waals surface area contributed by atoms with Gasteiger partial charge in [-0.2, -0.15) is 0 Å². The fraction of sp³-hybridized carbons (Fsp3) is 0.368. The zero-order valence-electron chi connectivity index (χ0n) is 13.1. The highest BCUT2D eigenvalue weighted by Crippen LogP contribution is 2.33. The molecule has 0 spiro atoms. The number of rotatable bonds is 5. The zero-order chi connectivity index (χ0) is 15.9. The Labute approximate surface area is 132 Å². The monoisotopic (exact) mass is 297 g/mol. The maximum absolute atomic E-state index is 12.5. The maximum Gasteiger partial charge on any atom is 0.168 e. The smallest absolute Gasteiger partial charge is 0.168 e. The summed E-state index contributed by atoms with van der Waals surface area (Å²) in [6.45, 7) is 6.13. The molecule has 1 aliphatic carbocycles. The van der Waals surface area contributed by atoms with Gasteiger partial charge in [0.2, 0.25) is 0 Å². The SMILES string of the molecule is C=CCN=C1CC(c2ccccc2)CC(=O)/C1=C(\O)CCC. The topological polar surface area (TPSA) is 49.7 Å². The molecule has 22 heavy (non-hydrogen) atoms. The highest BCUT2D eigenvalue weighted by atomic mass is 16.3. The van der Waals surface area contributed by atoms with Crippen molar-refractivity contribution >= 4 is 11.5 Å². The molecule has 3 nitrogen and oxygen atoms in total. The molecule has 0 aromatic heterocycles. The number of aliphatic hydroxyl groups excluding tert-OH is 1. The molecule has 1 N–H and O–H groups in total. The van der Waals surface area contributed by atoms with Gasteiger partial charge in [-0.25, -0.2) is 0 Å². The first-order chi connectivity index (χ1) is 10.7. The molecule has 116 valence electrons. The van der Waals surface area contributed by atoms with E-state index < -0.39 is 0 Å². The minimum absolute atomic E-state index is 0.00568. The third-order valence-corrected chi connectivity index (χ3v) is 3.90. The molecule has 0 aliphatic heterocycles. The number of hydrogen-bond acceptors (Lipinski definition) is 3. The van der Waals surface area contributed by atoms with E-state index in [0.29, 0.717) is 31.4 Å². The molecule has 2 rings (SSSR count). The summed E-state index contributed by atoms with van der Waals surface area (Å²) in [5.74, 6) is 0.311. The number of Topliss-reactive ketones (excluding diaryl/α,β-unsaturated/α-hetero) is 1. The molecule has 3 heteroatoms. The van der Waals surface area contributed by atoms with Crippen LogP contribution in [0.5, 0.6) is 0 Å². The van der Waals surface area contributed by atoms with E-state index in [-0.39, 0.29) is 17.5 Å². The van der Waals surface area contributed by atoms with E-state index in [4.69, 9.17) is 0 Å². The molecule has 1 aromatic rings. The largest absolute Gasteiger partial charge is 0.511 e. The predicted octanol–water partition coefficient (Wildman–Crippen LogP) is 4.37. The Morgan fingerprint density at radius 3 is 2.73 bits per heavy atom. The van der Waals surface area contributed by atoms with Crippen molar-refractivity contribution in [2.24, 2.45) is 4.99 Å². The average molecular weight is 297 g/mol. The second-order valence-electron chi connectivity index (χ2n) is 5.59. The van der Waals surface area contributed by atoms with Crippen LogP contribution in [0.15, 0.2) is 59.3 Å². The quantitative estimate of drug-likeness (QED) is 0.498. The van der Waals surface area contributed by atoms with Crippen LogP contribution in [0, 0.1) is 0 Å². The molecule has 0 bridgehead atoms. The number of hydrogen-bond donors (Lipinski definition) is 1. The van der Waals surface area contributed by atoms with Crippen LogP contribution < -0.4 is 0 Å². The maximum atomic E-state index is 12.5. The summed E-state index contributed by atoms with van der Waals surface area (Å²) in [5.41, 5.74) is 2.31. The van der Waals surface area contributed by atoms with Crippen LogP contribution in [0.4, 0.5) is 0 Å². The Balaban J connectivity index is 2.35. The highest BCUT2D eigenvalue weighted by molar-refractivity contribution is 6.24. The summed E-state index contributed by atoms with van der Waals surface area (Å²) in [6, 6.07) is 10.0. The van der Waals surface area contributed by atoms with Crippen molar-refractivity contribution in [3.63, 3.8) is 0 Å². The Kier molecular flexibility index (Phi) is 5.70. The van der Waals surface area contributed by atoms with Gasteiger partial charge >= 0.3 is 0 Å². The number of ketones is 1. The number of aliphatic imine (C=N–C) groups is 1. The van der Waals surface area contributed by atoms with Gasteiger partial charge in [0.15, 0.2) is 5.78 Å². The minimum atomic E-state index is -0.00568. The van der Waals surface area contributed by atoms with E-state index >= 15 is 0 Å². The minimum Gasteiger partial charge on any atom is -0.511 e. The zero-order valence-corrected chi connectivity index (χ0v) is 13.1. The molecule has 1 saturated carbocycles. The van der Waals surface area contributed by atoms with E-state index in [1.165, 1.54) is 0 Å². The van der Waals surface area contributed by atoms with E-state index in [9.17, 15) is 9.90 Å². The lowest BCUT2D eigenvalue weighted by molar-refractivity contribution is -0.115. The van der Waals surface area contributed by atoms with Crippen LogP contribution in [0.2, 0.25) is 0 Å². The molecule has 1 unspecified atom stereocenters. The summed E-state index contributed by atoms with van der Waals surface area (Å²) in [6.07, 6.45) is 4.15. The number of carbonyl (C=O) groups is 1. The molecular formula is C19H23NO2. The molecule has 1 aromatic carbocycles. The van der Waals surface area contributed by atoms with E-state index in [1.807, 2.05) is 37.3 Å². The summed E-state index contributed by atoms with van der Waals surface area (Å²) < 4.78 is 0. The second kappa shape index (κ2) is 7.74. The lowest BCUT2D eigenvalue weighted by Gasteiger charge is -2.26. The van der Waals surface area contributed by atoms with Crippen LogP contribution in [0.25, 0.3) is 0 Å². The van der Waals surface area contributed by atoms with Crippen LogP contribution >= 0.6 is 0 Å². The predicted molar refractivity (Wildman–Crippen MR) is 90.5 cm³/mol. The van der Waals surface area contributed by atoms with Gasteiger partial charge in [-0.05, 0) is 24.3 Å². The van der Waals surface area contributed by atoms with E-state index in [0.717, 1.165) is 17.7 Å². The standard InChI is InChI=1S/C19H23NO2/c1-3-8-17(21)19-16(20-11-4-2)12-15(13-18(19)22)14-9-6-5-7-10-14/h4-7,9-10,15,21H,2-3,8,11-13H2,1H3/b19-17-,20-16?. The van der Waals surface area contributed by atoms with Crippen LogP contribution in [-0.2, 0) is 4.79 Å². The third-order valence-electron chi connectivity index (χ3n) is 3.90. The molecule has 0 heterocycles. The number of allylic oxidation sites excluding steroid dienone is 2. The van der Waals surface area contributed by atoms with Gasteiger partial charge in [0.05, 0.1) is 12.1 Å². The van der Waals surface area contributed by atoms with Crippen molar-refractivity contribution in [1.29, 1.82) is 0 Å². The van der Waals surface area contributed by atoms with Crippen LogP contribution in [0.1, 0.15) is 44.1 Å². The van der Waals surface area contributed by atoms with Crippen molar-refractivity contribution in [3.05, 3.63) is 59.9 Å². The first-order valence-corrected chi connectivity index (χ1v) is 7.82. The number of nitrogens with zero attached hydrogens (tertiary/aromatic N) is 1. The van der Waals surface area contributed by atoms with Gasteiger partial charge in [-0.1, -0.05) is 43.3 Å². The highest BCUT2D eigenvalue weighted by Gasteiger charge is 2.31. The summed E-state index contributed by atoms with van der Waals surface area (Å²) in [5, 5.41) is 10.2. The fourth-order valence-corrected chi connectivity index (χ4v) is 2.86. The Bertz CT molecular complexity index is 599. The third kappa shape index (κ3) is 3.73. The lowest BCUT2D eigenvalue weighted by atomic mass is 9.78. The molecule has 0 radical (unpaired) electrons. The second-order valence-corrected chi connectivity index (χ2v) is 5.59. The van der Waals surface area contributed by atoms with E-state index in [2.05, 4.69) is 11.6 Å². The van der Waals surface area contributed by atoms with Crippen LogP contribution in [0.3, 0.4) is 0 Å². The van der Waals surface area contributed by atoms with Crippen molar-refractivity contribution in [2.45, 2.75) is 38.5 Å². The van der Waals surface area contributed by atoms with Gasteiger partial charge in [-0.3, -0.25) is 9.79 Å². The first-order valence-electron chi connectivity index (χ1n) is 7.82. The first kappa shape index (κ1) is 16.2. The van der Waals surface area contributed by atoms with Crippen molar-refractivity contribution < 1.29 is 9.90 Å². The molecule has 0 saturated heterocycles. The summed E-state index contributed by atoms with van der Waals surface area (Å²) >= 11 is 0. The number of carbonyl (C=O) groups excluding carboxylic acids is 1. The van der Waals surface area contributed by atoms with Crippen molar-refractivity contribution in [3.8, 4) is 0 Å². The van der Waals surface area contributed by atoms with Gasteiger partial charge < -0.3 is 5.11 Å². The molecule has 1 fully saturated rings. The van der Waals surface area contributed by atoms with Gasteiger partial charge in [0.1, 0.15) is 5.76 Å². The summed E-state index contributed by atoms with van der Waals surface area (Å²) in [7, 11) is 0. The fourth-order valence-electron chi connectivity index (χ4n) is 2.86. The van der Waals surface area contributed by atoms with E-state index in [1.54, 1.807) is 6.08 Å². The van der Waals surface area contributed by atoms with Crippen molar-refractivity contribution in [2.75, 3.05) is 6.54 Å².